The Balaban J connectivity index is 4.01. The molecule has 11 heteroatoms. The van der Waals surface area contributed by atoms with Gasteiger partial charge < -0.3 is 25.2 Å². The Bertz CT molecular complexity index is 1070. The Morgan fingerprint density at radius 1 is 0.424 bits per heavy atom. The molecule has 0 saturated carbocycles. The van der Waals surface area contributed by atoms with E-state index in [1.54, 1.807) is 0 Å². The van der Waals surface area contributed by atoms with Gasteiger partial charge in [0.05, 0.1) is 19.8 Å². The number of unbranched alkanes of at least 4 members (excludes halogenated alkanes) is 42. The van der Waals surface area contributed by atoms with E-state index in [1.165, 1.54) is 244 Å². The fourth-order valence-corrected chi connectivity index (χ4v) is 9.51. The van der Waals surface area contributed by atoms with Gasteiger partial charge >= 0.3 is 19.8 Å². The van der Waals surface area contributed by atoms with Gasteiger partial charge in [-0.25, -0.2) is 4.57 Å². The van der Waals surface area contributed by atoms with E-state index in [0.29, 0.717) is 6.61 Å². The minimum atomic E-state index is -4.62. The number of hydrogen-bond acceptors (Lipinski definition) is 8. The van der Waals surface area contributed by atoms with Crippen molar-refractivity contribution in [1.29, 1.82) is 0 Å². The summed E-state index contributed by atoms with van der Waals surface area (Å²) in [6, 6.07) is -1.47. The molecule has 0 bridgehead atoms. The van der Waals surface area contributed by atoms with Crippen molar-refractivity contribution in [2.75, 3.05) is 26.4 Å². The number of carboxylic acid groups (broad SMARTS) is 1. The average Bonchev–Trinajstić information content (AvgIpc) is 3.30. The second-order valence-corrected chi connectivity index (χ2v) is 21.2. The molecular weight excluding hydrogens is 850 g/mol. The molecular formula is C55H110NO9P. The maximum atomic E-state index is 12.7. The number of phosphoric acid groups is 1. The van der Waals surface area contributed by atoms with Crippen LogP contribution in [-0.4, -0.2) is 60.5 Å². The fraction of sp³-hybridized carbons (Fsp3) is 0.964. The summed E-state index contributed by atoms with van der Waals surface area (Å²) >= 11 is 0. The maximum Gasteiger partial charge on any atom is 0.472 e. The smallest absolute Gasteiger partial charge is 0.472 e. The van der Waals surface area contributed by atoms with E-state index < -0.39 is 45.1 Å². The predicted octanol–water partition coefficient (Wildman–Crippen LogP) is 17.1. The van der Waals surface area contributed by atoms with Crippen molar-refractivity contribution in [2.24, 2.45) is 5.73 Å². The highest BCUT2D eigenvalue weighted by Crippen LogP contribution is 2.43. The number of carbonyl (C=O) groups excluding carboxylic acids is 1. The van der Waals surface area contributed by atoms with Gasteiger partial charge in [0, 0.05) is 13.0 Å². The summed E-state index contributed by atoms with van der Waals surface area (Å²) in [6.07, 6.45) is 57.4. The number of hydrogen-bond donors (Lipinski definition) is 3. The molecule has 4 N–H and O–H groups in total. The van der Waals surface area contributed by atoms with Gasteiger partial charge in [0.25, 0.3) is 0 Å². The van der Waals surface area contributed by atoms with E-state index in [0.717, 1.165) is 38.5 Å². The number of carboxylic acids is 1. The average molecular weight is 960 g/mol. The predicted molar refractivity (Wildman–Crippen MR) is 277 cm³/mol. The lowest BCUT2D eigenvalue weighted by Crippen LogP contribution is -2.34. The third-order valence-corrected chi connectivity index (χ3v) is 14.1. The number of esters is 1. The zero-order valence-corrected chi connectivity index (χ0v) is 44.5. The molecule has 0 rings (SSSR count). The number of carbonyl (C=O) groups is 2. The van der Waals surface area contributed by atoms with Crippen LogP contribution in [0.15, 0.2) is 0 Å². The third-order valence-electron chi connectivity index (χ3n) is 13.1. The Kier molecular flexibility index (Phi) is 51.0. The van der Waals surface area contributed by atoms with Gasteiger partial charge in [-0.1, -0.05) is 284 Å². The summed E-state index contributed by atoms with van der Waals surface area (Å²) < 4.78 is 33.6. The molecule has 0 aliphatic heterocycles. The molecule has 0 aliphatic rings. The lowest BCUT2D eigenvalue weighted by Gasteiger charge is -2.20. The molecule has 66 heavy (non-hydrogen) atoms. The molecule has 3 atom stereocenters. The highest BCUT2D eigenvalue weighted by atomic mass is 31.2. The zero-order valence-electron chi connectivity index (χ0n) is 43.6. The molecule has 0 aromatic heterocycles. The topological polar surface area (TPSA) is 155 Å². The van der Waals surface area contributed by atoms with E-state index in [1.807, 2.05) is 0 Å². The Morgan fingerprint density at radius 3 is 1.00 bits per heavy atom. The Hall–Kier alpha value is -1.03. The molecule has 0 amide bonds. The van der Waals surface area contributed by atoms with Crippen molar-refractivity contribution < 1.29 is 42.7 Å². The third kappa shape index (κ3) is 50.8. The lowest BCUT2D eigenvalue weighted by atomic mass is 10.0. The van der Waals surface area contributed by atoms with Crippen LogP contribution in [-0.2, 0) is 32.7 Å². The van der Waals surface area contributed by atoms with E-state index in [-0.39, 0.29) is 13.0 Å². The van der Waals surface area contributed by atoms with E-state index in [4.69, 9.17) is 29.4 Å². The lowest BCUT2D eigenvalue weighted by molar-refractivity contribution is -0.154. The monoisotopic (exact) mass is 960 g/mol. The second kappa shape index (κ2) is 51.8. The Morgan fingerprint density at radius 2 is 0.697 bits per heavy atom. The molecule has 10 nitrogen and oxygen atoms in total. The van der Waals surface area contributed by atoms with Crippen molar-refractivity contribution in [2.45, 2.75) is 315 Å². The van der Waals surface area contributed by atoms with Gasteiger partial charge in [0.1, 0.15) is 12.1 Å². The minimum absolute atomic E-state index is 0.0268. The van der Waals surface area contributed by atoms with Crippen LogP contribution in [0.1, 0.15) is 303 Å². The van der Waals surface area contributed by atoms with Gasteiger partial charge in [-0.2, -0.15) is 0 Å². The van der Waals surface area contributed by atoms with Crippen molar-refractivity contribution in [3.05, 3.63) is 0 Å². The molecule has 0 aromatic carbocycles. The van der Waals surface area contributed by atoms with E-state index in [9.17, 15) is 19.0 Å². The van der Waals surface area contributed by atoms with Crippen LogP contribution in [0.5, 0.6) is 0 Å². The molecule has 3 unspecified atom stereocenters. The highest BCUT2D eigenvalue weighted by molar-refractivity contribution is 7.47. The maximum absolute atomic E-state index is 12.7. The Labute approximate surface area is 408 Å². The molecule has 0 heterocycles. The SMILES string of the molecule is CCCCCCCCCCCCCCCCCCCCCCCCCOCC(COP(=O)(O)OCC(N)C(=O)O)OC(=O)CCCCCCCCCCCCCCCCCCCCCCC. The van der Waals surface area contributed by atoms with Crippen LogP contribution in [0.2, 0.25) is 0 Å². The molecule has 394 valence electrons. The van der Waals surface area contributed by atoms with Gasteiger partial charge in [-0.15, -0.1) is 0 Å². The number of ether oxygens (including phenoxy) is 2. The number of aliphatic carboxylic acids is 1. The van der Waals surface area contributed by atoms with Gasteiger partial charge in [0.15, 0.2) is 0 Å². The van der Waals surface area contributed by atoms with Gasteiger partial charge in [0.2, 0.25) is 0 Å². The molecule has 0 saturated heterocycles. The van der Waals surface area contributed by atoms with Crippen molar-refractivity contribution >= 4 is 19.8 Å². The van der Waals surface area contributed by atoms with Gasteiger partial charge in [-0.05, 0) is 12.8 Å². The fourth-order valence-electron chi connectivity index (χ4n) is 8.73. The normalized spacial score (nSPS) is 13.5. The van der Waals surface area contributed by atoms with Crippen LogP contribution in [0.3, 0.4) is 0 Å². The second-order valence-electron chi connectivity index (χ2n) is 19.8. The highest BCUT2D eigenvalue weighted by Gasteiger charge is 2.27. The minimum Gasteiger partial charge on any atom is -0.480 e. The van der Waals surface area contributed by atoms with Crippen LogP contribution in [0.25, 0.3) is 0 Å². The number of nitrogens with two attached hydrogens (primary N) is 1. The summed E-state index contributed by atoms with van der Waals surface area (Å²) in [5.41, 5.74) is 5.39. The number of rotatable bonds is 56. The first-order valence-electron chi connectivity index (χ1n) is 28.6. The molecule has 0 spiro atoms. The zero-order chi connectivity index (χ0) is 48.3. The first kappa shape index (κ1) is 65.0. The van der Waals surface area contributed by atoms with Crippen LogP contribution >= 0.6 is 7.82 Å². The van der Waals surface area contributed by atoms with E-state index in [2.05, 4.69) is 13.8 Å². The summed E-state index contributed by atoms with van der Waals surface area (Å²) in [4.78, 5) is 33.8. The standard InChI is InChI=1S/C55H110NO9P/c1-3-5-7-9-11-13-15-17-19-21-23-25-26-28-30-32-34-36-38-40-42-44-46-48-62-49-52(50-63-66(60,61)64-51-53(56)55(58)59)65-54(57)47-45-43-41-39-37-35-33-31-29-27-24-22-20-18-16-14-12-10-8-6-4-2/h52-53H,3-51,56H2,1-2H3,(H,58,59)(H,60,61). The molecule has 0 radical (unpaired) electrons. The summed E-state index contributed by atoms with van der Waals surface area (Å²) in [6.45, 7) is 3.98. The van der Waals surface area contributed by atoms with Crippen LogP contribution in [0.4, 0.5) is 0 Å². The molecule has 0 fully saturated rings. The van der Waals surface area contributed by atoms with Crippen LogP contribution < -0.4 is 5.73 Å². The summed E-state index contributed by atoms with van der Waals surface area (Å²) in [5, 5.41) is 8.95. The number of phosphoric ester groups is 1. The summed E-state index contributed by atoms with van der Waals surface area (Å²) in [7, 11) is -4.62. The van der Waals surface area contributed by atoms with Gasteiger partial charge in [-0.3, -0.25) is 18.6 Å². The van der Waals surface area contributed by atoms with Crippen molar-refractivity contribution in [1.82, 2.24) is 0 Å². The summed E-state index contributed by atoms with van der Waals surface area (Å²) in [5.74, 6) is -1.76. The van der Waals surface area contributed by atoms with E-state index >= 15 is 0 Å². The first-order chi connectivity index (χ1) is 32.2. The van der Waals surface area contributed by atoms with Crippen LogP contribution in [0, 0.1) is 0 Å². The molecule has 0 aliphatic carbocycles. The largest absolute Gasteiger partial charge is 0.480 e. The van der Waals surface area contributed by atoms with Crippen molar-refractivity contribution in [3.63, 3.8) is 0 Å². The van der Waals surface area contributed by atoms with Crippen molar-refractivity contribution in [3.8, 4) is 0 Å². The molecule has 0 aromatic rings. The first-order valence-corrected chi connectivity index (χ1v) is 30.1. The quantitative estimate of drug-likeness (QED) is 0.0305.